The van der Waals surface area contributed by atoms with Crippen molar-refractivity contribution in [1.82, 2.24) is 9.97 Å². The van der Waals surface area contributed by atoms with E-state index in [1.807, 2.05) is 12.1 Å². The fourth-order valence-electron chi connectivity index (χ4n) is 2.41. The Balaban J connectivity index is 1.91. The average Bonchev–Trinajstić information content (AvgIpc) is 2.82. The van der Waals surface area contributed by atoms with Gasteiger partial charge in [0.05, 0.1) is 6.04 Å². The van der Waals surface area contributed by atoms with Gasteiger partial charge in [-0.25, -0.2) is 14.4 Å². The van der Waals surface area contributed by atoms with Crippen LogP contribution in [0.25, 0.3) is 0 Å². The lowest BCUT2D eigenvalue weighted by atomic mass is 10.1. The lowest BCUT2D eigenvalue weighted by Crippen LogP contribution is -2.10. The molecule has 1 aromatic heterocycles. The van der Waals surface area contributed by atoms with E-state index in [9.17, 15) is 4.39 Å². The number of rotatable bonds is 2. The summed E-state index contributed by atoms with van der Waals surface area (Å²) in [5.74, 6) is 0.208. The molecule has 1 aromatic carbocycles. The molecule has 94 valence electrons. The molecule has 0 saturated carbocycles. The Morgan fingerprint density at radius 3 is 3.00 bits per heavy atom. The Morgan fingerprint density at radius 1 is 1.32 bits per heavy atom. The molecule has 0 fully saturated rings. The summed E-state index contributed by atoms with van der Waals surface area (Å²) in [6.07, 6.45) is 4.77. The molecule has 0 bridgehead atoms. The van der Waals surface area contributed by atoms with Crippen LogP contribution in [0.3, 0.4) is 0 Å². The number of nitrogens with zero attached hydrogens (tertiary/aromatic N) is 3. The lowest BCUT2D eigenvalue weighted by Gasteiger charge is -2.15. The maximum atomic E-state index is 13.3. The molecule has 1 heterocycles. The Labute approximate surface area is 109 Å². The number of anilines is 1. The van der Waals surface area contributed by atoms with Crippen molar-refractivity contribution < 1.29 is 4.39 Å². The summed E-state index contributed by atoms with van der Waals surface area (Å²) in [5, 5.41) is 12.2. The van der Waals surface area contributed by atoms with E-state index in [-0.39, 0.29) is 17.6 Å². The maximum absolute atomic E-state index is 13.3. The molecule has 2 aromatic rings. The van der Waals surface area contributed by atoms with E-state index in [1.165, 1.54) is 18.5 Å². The number of aryl methyl sites for hydroxylation is 1. The van der Waals surface area contributed by atoms with Gasteiger partial charge in [0.25, 0.3) is 0 Å². The predicted molar refractivity (Wildman–Crippen MR) is 67.8 cm³/mol. The van der Waals surface area contributed by atoms with Gasteiger partial charge in [-0.15, -0.1) is 0 Å². The van der Waals surface area contributed by atoms with E-state index in [0.29, 0.717) is 5.82 Å². The van der Waals surface area contributed by atoms with Crippen LogP contribution in [0.15, 0.2) is 30.6 Å². The number of nitrogens with one attached hydrogen (secondary N) is 1. The quantitative estimate of drug-likeness (QED) is 0.894. The first-order valence-corrected chi connectivity index (χ1v) is 6.04. The first kappa shape index (κ1) is 11.6. The first-order valence-electron chi connectivity index (χ1n) is 6.04. The smallest absolute Gasteiger partial charge is 0.182 e. The van der Waals surface area contributed by atoms with Crippen LogP contribution < -0.4 is 5.32 Å². The zero-order valence-corrected chi connectivity index (χ0v) is 10.1. The van der Waals surface area contributed by atoms with Gasteiger partial charge in [-0.05, 0) is 36.1 Å². The second-order valence-corrected chi connectivity index (χ2v) is 4.44. The summed E-state index contributed by atoms with van der Waals surface area (Å²) in [4.78, 5) is 8.07. The minimum Gasteiger partial charge on any atom is -0.361 e. The van der Waals surface area contributed by atoms with Crippen molar-refractivity contribution in [2.45, 2.75) is 18.9 Å². The van der Waals surface area contributed by atoms with Crippen molar-refractivity contribution in [3.8, 4) is 6.07 Å². The summed E-state index contributed by atoms with van der Waals surface area (Å²) in [6, 6.07) is 6.81. The highest BCUT2D eigenvalue weighted by molar-refractivity contribution is 5.50. The number of nitriles is 1. The van der Waals surface area contributed by atoms with Crippen LogP contribution in [0.1, 0.15) is 29.3 Å². The number of benzene rings is 1. The Kier molecular flexibility index (Phi) is 2.84. The summed E-state index contributed by atoms with van der Waals surface area (Å²) in [6.45, 7) is 0. The molecule has 1 aliphatic rings. The van der Waals surface area contributed by atoms with Gasteiger partial charge >= 0.3 is 0 Å². The van der Waals surface area contributed by atoms with E-state index in [1.54, 1.807) is 6.07 Å². The largest absolute Gasteiger partial charge is 0.361 e. The van der Waals surface area contributed by atoms with E-state index < -0.39 is 0 Å². The molecule has 4 nitrogen and oxygen atoms in total. The van der Waals surface area contributed by atoms with Gasteiger partial charge in [0.2, 0.25) is 0 Å². The highest BCUT2D eigenvalue weighted by atomic mass is 19.1. The monoisotopic (exact) mass is 254 g/mol. The summed E-state index contributed by atoms with van der Waals surface area (Å²) >= 11 is 0. The van der Waals surface area contributed by atoms with Crippen LogP contribution in [0, 0.1) is 17.1 Å². The molecule has 5 heteroatoms. The first-order chi connectivity index (χ1) is 9.28. The number of halogens is 1. The zero-order chi connectivity index (χ0) is 13.2. The molecule has 1 unspecified atom stereocenters. The lowest BCUT2D eigenvalue weighted by molar-refractivity contribution is 0.623. The standard InChI is InChI=1S/C14H11FN4/c15-10-3-1-9-2-4-12(11(9)7-10)19-14-13(8-16)17-5-6-18-14/h1,3,5-7,12H,2,4H2,(H,18,19). The zero-order valence-electron chi connectivity index (χ0n) is 10.1. The minimum absolute atomic E-state index is 0.0190. The number of aromatic nitrogens is 2. The molecule has 1 N–H and O–H groups in total. The normalized spacial score (nSPS) is 16.7. The number of hydrogen-bond acceptors (Lipinski definition) is 4. The summed E-state index contributed by atoms with van der Waals surface area (Å²) in [7, 11) is 0. The SMILES string of the molecule is N#Cc1nccnc1NC1CCc2ccc(F)cc21. The van der Waals surface area contributed by atoms with Crippen LogP contribution in [0.2, 0.25) is 0 Å². The van der Waals surface area contributed by atoms with Gasteiger partial charge in [0, 0.05) is 12.4 Å². The molecule has 19 heavy (non-hydrogen) atoms. The van der Waals surface area contributed by atoms with Crippen molar-refractivity contribution >= 4 is 5.82 Å². The molecular weight excluding hydrogens is 243 g/mol. The highest BCUT2D eigenvalue weighted by Gasteiger charge is 2.24. The van der Waals surface area contributed by atoms with Gasteiger partial charge in [0.15, 0.2) is 11.5 Å². The molecule has 0 spiro atoms. The molecule has 3 rings (SSSR count). The van der Waals surface area contributed by atoms with Crippen molar-refractivity contribution in [2.75, 3.05) is 5.32 Å². The average molecular weight is 254 g/mol. The van der Waals surface area contributed by atoms with E-state index in [2.05, 4.69) is 15.3 Å². The van der Waals surface area contributed by atoms with Gasteiger partial charge in [-0.2, -0.15) is 5.26 Å². The molecular formula is C14H11FN4. The van der Waals surface area contributed by atoms with Crippen molar-refractivity contribution in [2.24, 2.45) is 0 Å². The molecule has 0 aliphatic heterocycles. The topological polar surface area (TPSA) is 61.6 Å². The van der Waals surface area contributed by atoms with Crippen molar-refractivity contribution in [3.63, 3.8) is 0 Å². The van der Waals surface area contributed by atoms with Crippen LogP contribution in [0.4, 0.5) is 10.2 Å². The second-order valence-electron chi connectivity index (χ2n) is 4.44. The molecule has 1 atom stereocenters. The third-order valence-corrected chi connectivity index (χ3v) is 3.30. The third kappa shape index (κ3) is 2.13. The molecule has 0 saturated heterocycles. The van der Waals surface area contributed by atoms with Crippen LogP contribution in [-0.4, -0.2) is 9.97 Å². The summed E-state index contributed by atoms with van der Waals surface area (Å²) in [5.41, 5.74) is 2.34. The van der Waals surface area contributed by atoms with E-state index in [0.717, 1.165) is 24.0 Å². The van der Waals surface area contributed by atoms with Gasteiger partial charge < -0.3 is 5.32 Å². The van der Waals surface area contributed by atoms with Gasteiger partial charge in [-0.1, -0.05) is 6.07 Å². The Morgan fingerprint density at radius 2 is 2.16 bits per heavy atom. The van der Waals surface area contributed by atoms with Crippen molar-refractivity contribution in [3.05, 3.63) is 53.2 Å². The molecule has 1 aliphatic carbocycles. The van der Waals surface area contributed by atoms with Crippen LogP contribution >= 0.6 is 0 Å². The Bertz CT molecular complexity index is 663. The van der Waals surface area contributed by atoms with E-state index in [4.69, 9.17) is 5.26 Å². The van der Waals surface area contributed by atoms with E-state index >= 15 is 0 Å². The second kappa shape index (κ2) is 4.65. The van der Waals surface area contributed by atoms with Crippen LogP contribution in [-0.2, 0) is 6.42 Å². The van der Waals surface area contributed by atoms with Crippen molar-refractivity contribution in [1.29, 1.82) is 5.26 Å². The summed E-state index contributed by atoms with van der Waals surface area (Å²) < 4.78 is 13.3. The molecule has 0 amide bonds. The fraction of sp³-hybridized carbons (Fsp3) is 0.214. The molecule has 0 radical (unpaired) electrons. The maximum Gasteiger partial charge on any atom is 0.182 e. The number of fused-ring (bicyclic) bond motifs is 1. The van der Waals surface area contributed by atoms with Crippen LogP contribution in [0.5, 0.6) is 0 Å². The minimum atomic E-state index is -0.243. The third-order valence-electron chi connectivity index (χ3n) is 3.30. The number of hydrogen-bond donors (Lipinski definition) is 1. The predicted octanol–water partition coefficient (Wildman–Crippen LogP) is 2.59. The Hall–Kier alpha value is -2.48. The van der Waals surface area contributed by atoms with Gasteiger partial charge in [-0.3, -0.25) is 0 Å². The fourth-order valence-corrected chi connectivity index (χ4v) is 2.41. The highest BCUT2D eigenvalue weighted by Crippen LogP contribution is 2.34. The van der Waals surface area contributed by atoms with Gasteiger partial charge in [0.1, 0.15) is 11.9 Å².